The van der Waals surface area contributed by atoms with Crippen LogP contribution in [0.15, 0.2) is 18.2 Å². The number of nitrogens with two attached hydrogens (primary N) is 1. The molecule has 1 unspecified atom stereocenters. The van der Waals surface area contributed by atoms with Crippen LogP contribution in [-0.4, -0.2) is 11.9 Å². The van der Waals surface area contributed by atoms with Gasteiger partial charge in [-0.3, -0.25) is 4.79 Å². The van der Waals surface area contributed by atoms with Crippen LogP contribution >= 0.6 is 11.6 Å². The number of nitrogens with one attached hydrogen (secondary N) is 1. The Labute approximate surface area is 113 Å². The molecule has 0 bridgehead atoms. The number of benzene rings is 1. The highest BCUT2D eigenvalue weighted by Crippen LogP contribution is 2.31. The summed E-state index contributed by atoms with van der Waals surface area (Å²) < 4.78 is 0. The van der Waals surface area contributed by atoms with Gasteiger partial charge in [-0.05, 0) is 37.5 Å². The number of rotatable bonds is 5. The molecule has 0 spiro atoms. The van der Waals surface area contributed by atoms with Crippen molar-refractivity contribution in [3.63, 3.8) is 0 Å². The maximum atomic E-state index is 11.1. The number of anilines is 1. The molecule has 0 heterocycles. The molecule has 4 heteroatoms. The number of hydrogen-bond donors (Lipinski definition) is 2. The summed E-state index contributed by atoms with van der Waals surface area (Å²) in [6, 6.07) is 5.71. The Morgan fingerprint density at radius 1 is 1.56 bits per heavy atom. The van der Waals surface area contributed by atoms with Gasteiger partial charge in [-0.1, -0.05) is 30.9 Å². The van der Waals surface area contributed by atoms with Crippen molar-refractivity contribution in [2.45, 2.75) is 38.6 Å². The highest BCUT2D eigenvalue weighted by molar-refractivity contribution is 6.34. The lowest BCUT2D eigenvalue weighted by Crippen LogP contribution is -2.23. The maximum absolute atomic E-state index is 11.1. The first-order valence-corrected chi connectivity index (χ1v) is 6.80. The van der Waals surface area contributed by atoms with Crippen LogP contribution in [0.4, 0.5) is 5.69 Å². The molecular weight excluding hydrogens is 248 g/mol. The molecule has 0 radical (unpaired) electrons. The predicted octanol–water partition coefficient (Wildman–Crippen LogP) is 3.43. The molecule has 1 atom stereocenters. The van der Waals surface area contributed by atoms with E-state index in [2.05, 4.69) is 12.2 Å². The van der Waals surface area contributed by atoms with Gasteiger partial charge < -0.3 is 11.1 Å². The fraction of sp³-hybridized carbons (Fsp3) is 0.500. The molecular formula is C14H19ClN2O. The Kier molecular flexibility index (Phi) is 4.12. The first-order valence-electron chi connectivity index (χ1n) is 6.42. The lowest BCUT2D eigenvalue weighted by molar-refractivity contribution is 0.100. The van der Waals surface area contributed by atoms with E-state index in [4.69, 9.17) is 17.3 Å². The predicted molar refractivity (Wildman–Crippen MR) is 75.0 cm³/mol. The van der Waals surface area contributed by atoms with Crippen molar-refractivity contribution < 1.29 is 4.79 Å². The van der Waals surface area contributed by atoms with Crippen LogP contribution in [-0.2, 0) is 0 Å². The van der Waals surface area contributed by atoms with Gasteiger partial charge >= 0.3 is 0 Å². The second-order valence-electron chi connectivity index (χ2n) is 5.14. The molecule has 98 valence electrons. The normalized spacial score (nSPS) is 17.0. The largest absolute Gasteiger partial charge is 0.383 e. The highest BCUT2D eigenvalue weighted by atomic mass is 35.5. The highest BCUT2D eigenvalue weighted by Gasteiger charge is 2.20. The van der Waals surface area contributed by atoms with Gasteiger partial charge in [0.25, 0.3) is 0 Å². The first kappa shape index (κ1) is 13.2. The summed E-state index contributed by atoms with van der Waals surface area (Å²) >= 11 is 6.01. The van der Waals surface area contributed by atoms with Gasteiger partial charge in [0.05, 0.1) is 10.6 Å². The molecule has 1 amide bonds. The van der Waals surface area contributed by atoms with Crippen LogP contribution in [0.2, 0.25) is 5.02 Å². The lowest BCUT2D eigenvalue weighted by atomic mass is 9.81. The monoisotopic (exact) mass is 266 g/mol. The Morgan fingerprint density at radius 3 is 2.78 bits per heavy atom. The molecule has 2 rings (SSSR count). The molecule has 1 aliphatic carbocycles. The fourth-order valence-electron chi connectivity index (χ4n) is 2.38. The molecule has 0 saturated heterocycles. The quantitative estimate of drug-likeness (QED) is 0.858. The summed E-state index contributed by atoms with van der Waals surface area (Å²) in [5, 5.41) is 3.82. The van der Waals surface area contributed by atoms with Crippen molar-refractivity contribution in [2.24, 2.45) is 11.7 Å². The summed E-state index contributed by atoms with van der Waals surface area (Å²) in [4.78, 5) is 11.1. The number of halogens is 1. The van der Waals surface area contributed by atoms with Crippen molar-refractivity contribution in [3.8, 4) is 0 Å². The summed E-state index contributed by atoms with van der Waals surface area (Å²) in [5.41, 5.74) is 6.52. The SMILES string of the molecule is CC(CC1CCC1)Nc1ccc(C(N)=O)c(Cl)c1. The Bertz CT molecular complexity index is 443. The second kappa shape index (κ2) is 5.61. The van der Waals surface area contributed by atoms with E-state index >= 15 is 0 Å². The van der Waals surface area contributed by atoms with Gasteiger partial charge in [-0.15, -0.1) is 0 Å². The average molecular weight is 267 g/mol. The van der Waals surface area contributed by atoms with E-state index in [-0.39, 0.29) is 0 Å². The van der Waals surface area contributed by atoms with Crippen LogP contribution in [0.5, 0.6) is 0 Å². The summed E-state index contributed by atoms with van der Waals surface area (Å²) in [6.07, 6.45) is 5.27. The lowest BCUT2D eigenvalue weighted by Gasteiger charge is -2.29. The van der Waals surface area contributed by atoms with Gasteiger partial charge in [-0.25, -0.2) is 0 Å². The Morgan fingerprint density at radius 2 is 2.28 bits per heavy atom. The average Bonchev–Trinajstić information content (AvgIpc) is 2.23. The molecule has 0 aliphatic heterocycles. The van der Waals surface area contributed by atoms with E-state index in [0.717, 1.165) is 11.6 Å². The van der Waals surface area contributed by atoms with Crippen molar-refractivity contribution in [3.05, 3.63) is 28.8 Å². The third-order valence-corrected chi connectivity index (χ3v) is 3.87. The molecule has 18 heavy (non-hydrogen) atoms. The smallest absolute Gasteiger partial charge is 0.250 e. The minimum atomic E-state index is -0.492. The van der Waals surface area contributed by atoms with Crippen LogP contribution in [0, 0.1) is 5.92 Å². The van der Waals surface area contributed by atoms with Crippen LogP contribution in [0.1, 0.15) is 43.0 Å². The van der Waals surface area contributed by atoms with Gasteiger partial charge in [0.2, 0.25) is 5.91 Å². The van der Waals surface area contributed by atoms with Crippen molar-refractivity contribution >= 4 is 23.2 Å². The van der Waals surface area contributed by atoms with E-state index in [1.807, 2.05) is 6.07 Å². The topological polar surface area (TPSA) is 55.1 Å². The van der Waals surface area contributed by atoms with Crippen LogP contribution in [0.25, 0.3) is 0 Å². The molecule has 1 aromatic carbocycles. The van der Waals surface area contributed by atoms with Crippen molar-refractivity contribution in [2.75, 3.05) is 5.32 Å². The zero-order valence-electron chi connectivity index (χ0n) is 10.6. The molecule has 1 fully saturated rings. The number of primary amides is 1. The number of amides is 1. The van der Waals surface area contributed by atoms with Gasteiger partial charge in [0.1, 0.15) is 0 Å². The van der Waals surface area contributed by atoms with E-state index < -0.39 is 5.91 Å². The molecule has 0 aromatic heterocycles. The van der Waals surface area contributed by atoms with Gasteiger partial charge in [0, 0.05) is 11.7 Å². The first-order chi connectivity index (χ1) is 8.56. The molecule has 1 aliphatic rings. The maximum Gasteiger partial charge on any atom is 0.250 e. The van der Waals surface area contributed by atoms with E-state index in [0.29, 0.717) is 16.6 Å². The number of carbonyl (C=O) groups excluding carboxylic acids is 1. The third kappa shape index (κ3) is 3.16. The molecule has 3 nitrogen and oxygen atoms in total. The van der Waals surface area contributed by atoms with Crippen LogP contribution in [0.3, 0.4) is 0 Å². The Balaban J connectivity index is 1.96. The number of carbonyl (C=O) groups is 1. The van der Waals surface area contributed by atoms with Gasteiger partial charge in [-0.2, -0.15) is 0 Å². The zero-order valence-corrected chi connectivity index (χ0v) is 11.3. The standard InChI is InChI=1S/C14H19ClN2O/c1-9(7-10-3-2-4-10)17-11-5-6-12(14(16)18)13(15)8-11/h5-6,8-10,17H,2-4,7H2,1H3,(H2,16,18). The number of hydrogen-bond acceptors (Lipinski definition) is 2. The minimum absolute atomic E-state index is 0.369. The second-order valence-corrected chi connectivity index (χ2v) is 5.54. The summed E-state index contributed by atoms with van der Waals surface area (Å²) in [7, 11) is 0. The fourth-order valence-corrected chi connectivity index (χ4v) is 2.65. The van der Waals surface area contributed by atoms with E-state index in [1.54, 1.807) is 12.1 Å². The van der Waals surface area contributed by atoms with E-state index in [1.165, 1.54) is 25.7 Å². The molecule has 3 N–H and O–H groups in total. The summed E-state index contributed by atoms with van der Waals surface area (Å²) in [6.45, 7) is 2.17. The zero-order chi connectivity index (χ0) is 13.1. The summed E-state index contributed by atoms with van der Waals surface area (Å²) in [5.74, 6) is 0.377. The van der Waals surface area contributed by atoms with Crippen molar-refractivity contribution in [1.29, 1.82) is 0 Å². The molecule has 1 saturated carbocycles. The third-order valence-electron chi connectivity index (χ3n) is 3.56. The Hall–Kier alpha value is -1.22. The van der Waals surface area contributed by atoms with Crippen LogP contribution < -0.4 is 11.1 Å². The van der Waals surface area contributed by atoms with Crippen molar-refractivity contribution in [1.82, 2.24) is 0 Å². The van der Waals surface area contributed by atoms with Gasteiger partial charge in [0.15, 0.2) is 0 Å². The van der Waals surface area contributed by atoms with E-state index in [9.17, 15) is 4.79 Å². The molecule has 1 aromatic rings. The minimum Gasteiger partial charge on any atom is -0.383 e.